The van der Waals surface area contributed by atoms with Gasteiger partial charge in [-0.15, -0.1) is 0 Å². The summed E-state index contributed by atoms with van der Waals surface area (Å²) < 4.78 is 23.6. The highest BCUT2D eigenvalue weighted by Gasteiger charge is 2.17. The molecule has 1 heterocycles. The largest absolute Gasteiger partial charge is 0.454 e. The number of halogens is 1. The van der Waals surface area contributed by atoms with Gasteiger partial charge < -0.3 is 15.2 Å². The number of rotatable bonds is 4. The van der Waals surface area contributed by atoms with Crippen molar-refractivity contribution in [3.05, 3.63) is 59.4 Å². The fraction of sp³-hybridized carbons (Fsp3) is 0.250. The molecule has 1 unspecified atom stereocenters. The van der Waals surface area contributed by atoms with E-state index in [1.165, 1.54) is 12.1 Å². The van der Waals surface area contributed by atoms with Crippen molar-refractivity contribution in [2.75, 3.05) is 13.3 Å². The second-order valence-corrected chi connectivity index (χ2v) is 4.88. The van der Waals surface area contributed by atoms with E-state index >= 15 is 0 Å². The van der Waals surface area contributed by atoms with Crippen LogP contribution in [0.4, 0.5) is 4.39 Å². The van der Waals surface area contributed by atoms with E-state index in [2.05, 4.69) is 0 Å². The number of benzene rings is 2. The van der Waals surface area contributed by atoms with Gasteiger partial charge in [0.25, 0.3) is 0 Å². The zero-order chi connectivity index (χ0) is 13.9. The van der Waals surface area contributed by atoms with Crippen molar-refractivity contribution in [2.45, 2.75) is 12.3 Å². The lowest BCUT2D eigenvalue weighted by atomic mass is 9.92. The standard InChI is InChI=1S/C16H16FNO2/c17-14-4-1-11(2-5-14)7-13(9-18)12-3-6-15-16(8-12)20-10-19-15/h1-6,8,13H,7,9-10,18H2. The highest BCUT2D eigenvalue weighted by Crippen LogP contribution is 2.35. The smallest absolute Gasteiger partial charge is 0.231 e. The zero-order valence-electron chi connectivity index (χ0n) is 11.0. The van der Waals surface area contributed by atoms with Gasteiger partial charge in [0.05, 0.1) is 0 Å². The van der Waals surface area contributed by atoms with Gasteiger partial charge in [0, 0.05) is 5.92 Å². The van der Waals surface area contributed by atoms with Crippen molar-refractivity contribution >= 4 is 0 Å². The molecule has 0 fully saturated rings. The fourth-order valence-electron chi connectivity index (χ4n) is 2.41. The van der Waals surface area contributed by atoms with E-state index in [9.17, 15) is 4.39 Å². The van der Waals surface area contributed by atoms with E-state index in [1.807, 2.05) is 18.2 Å². The lowest BCUT2D eigenvalue weighted by Crippen LogP contribution is -2.15. The molecule has 0 bridgehead atoms. The van der Waals surface area contributed by atoms with Gasteiger partial charge in [0.1, 0.15) is 5.82 Å². The van der Waals surface area contributed by atoms with Crippen LogP contribution in [0.2, 0.25) is 0 Å². The van der Waals surface area contributed by atoms with Crippen molar-refractivity contribution in [3.63, 3.8) is 0 Å². The molecule has 0 spiro atoms. The number of hydrogen-bond acceptors (Lipinski definition) is 3. The minimum atomic E-state index is -0.221. The first-order chi connectivity index (χ1) is 9.76. The highest BCUT2D eigenvalue weighted by molar-refractivity contribution is 5.45. The van der Waals surface area contributed by atoms with Crippen LogP contribution in [-0.2, 0) is 6.42 Å². The van der Waals surface area contributed by atoms with E-state index in [0.717, 1.165) is 29.0 Å². The molecule has 3 rings (SSSR count). The Morgan fingerprint density at radius 1 is 1.05 bits per heavy atom. The topological polar surface area (TPSA) is 44.5 Å². The van der Waals surface area contributed by atoms with Gasteiger partial charge >= 0.3 is 0 Å². The highest BCUT2D eigenvalue weighted by atomic mass is 19.1. The molecule has 104 valence electrons. The van der Waals surface area contributed by atoms with Crippen LogP contribution >= 0.6 is 0 Å². The first kappa shape index (κ1) is 12.9. The number of hydrogen-bond donors (Lipinski definition) is 1. The quantitative estimate of drug-likeness (QED) is 0.931. The Kier molecular flexibility index (Phi) is 3.56. The summed E-state index contributed by atoms with van der Waals surface area (Å²) in [6, 6.07) is 12.4. The van der Waals surface area contributed by atoms with Crippen LogP contribution in [0.3, 0.4) is 0 Å². The van der Waals surface area contributed by atoms with E-state index in [4.69, 9.17) is 15.2 Å². The lowest BCUT2D eigenvalue weighted by Gasteiger charge is -2.16. The van der Waals surface area contributed by atoms with Crippen LogP contribution in [0, 0.1) is 5.82 Å². The van der Waals surface area contributed by atoms with Gasteiger partial charge in [-0.1, -0.05) is 18.2 Å². The van der Waals surface area contributed by atoms with E-state index in [-0.39, 0.29) is 18.5 Å². The molecule has 1 aliphatic heterocycles. The molecule has 0 aliphatic carbocycles. The van der Waals surface area contributed by atoms with Gasteiger partial charge in [-0.25, -0.2) is 4.39 Å². The van der Waals surface area contributed by atoms with E-state index in [0.29, 0.717) is 6.54 Å². The summed E-state index contributed by atoms with van der Waals surface area (Å²) in [4.78, 5) is 0. The minimum absolute atomic E-state index is 0.176. The maximum atomic E-state index is 12.9. The molecule has 2 aromatic rings. The Hall–Kier alpha value is -2.07. The van der Waals surface area contributed by atoms with Crippen LogP contribution in [0.15, 0.2) is 42.5 Å². The third kappa shape index (κ3) is 2.60. The summed E-state index contributed by atoms with van der Waals surface area (Å²) in [6.07, 6.45) is 0.774. The average Bonchev–Trinajstić information content (AvgIpc) is 2.94. The molecule has 0 amide bonds. The Labute approximate surface area is 117 Å². The Morgan fingerprint density at radius 2 is 1.80 bits per heavy atom. The Morgan fingerprint density at radius 3 is 2.55 bits per heavy atom. The van der Waals surface area contributed by atoms with Gasteiger partial charge in [-0.05, 0) is 48.4 Å². The van der Waals surface area contributed by atoms with E-state index in [1.54, 1.807) is 12.1 Å². The van der Waals surface area contributed by atoms with Crippen LogP contribution in [0.25, 0.3) is 0 Å². The molecule has 1 atom stereocenters. The Bertz CT molecular complexity index is 598. The van der Waals surface area contributed by atoms with Gasteiger partial charge in [-0.3, -0.25) is 0 Å². The summed E-state index contributed by atoms with van der Waals surface area (Å²) in [5, 5.41) is 0. The van der Waals surface area contributed by atoms with Gasteiger partial charge in [0.15, 0.2) is 11.5 Å². The molecular formula is C16H16FNO2. The molecule has 20 heavy (non-hydrogen) atoms. The maximum Gasteiger partial charge on any atom is 0.231 e. The predicted octanol–water partition coefficient (Wildman–Crippen LogP) is 2.84. The third-order valence-corrected chi connectivity index (χ3v) is 3.55. The monoisotopic (exact) mass is 273 g/mol. The maximum absolute atomic E-state index is 12.9. The number of nitrogens with two attached hydrogens (primary N) is 1. The molecular weight excluding hydrogens is 257 g/mol. The molecule has 0 saturated heterocycles. The molecule has 2 aromatic carbocycles. The van der Waals surface area contributed by atoms with Crippen LogP contribution in [0.5, 0.6) is 11.5 Å². The first-order valence-corrected chi connectivity index (χ1v) is 6.60. The lowest BCUT2D eigenvalue weighted by molar-refractivity contribution is 0.174. The van der Waals surface area contributed by atoms with Crippen molar-refractivity contribution in [2.24, 2.45) is 5.73 Å². The molecule has 3 nitrogen and oxygen atoms in total. The van der Waals surface area contributed by atoms with Crippen molar-refractivity contribution < 1.29 is 13.9 Å². The van der Waals surface area contributed by atoms with Gasteiger partial charge in [0.2, 0.25) is 6.79 Å². The third-order valence-electron chi connectivity index (χ3n) is 3.55. The molecule has 0 saturated carbocycles. The predicted molar refractivity (Wildman–Crippen MR) is 74.5 cm³/mol. The fourth-order valence-corrected chi connectivity index (χ4v) is 2.41. The summed E-state index contributed by atoms with van der Waals surface area (Å²) in [5.41, 5.74) is 8.06. The second kappa shape index (κ2) is 5.51. The number of fused-ring (bicyclic) bond motifs is 1. The van der Waals surface area contributed by atoms with Crippen LogP contribution in [-0.4, -0.2) is 13.3 Å². The number of ether oxygens (including phenoxy) is 2. The summed E-state index contributed by atoms with van der Waals surface area (Å²) in [7, 11) is 0. The van der Waals surface area contributed by atoms with Crippen LogP contribution < -0.4 is 15.2 Å². The van der Waals surface area contributed by atoms with Crippen LogP contribution in [0.1, 0.15) is 17.0 Å². The molecule has 0 aromatic heterocycles. The van der Waals surface area contributed by atoms with Crippen molar-refractivity contribution in [3.8, 4) is 11.5 Å². The SMILES string of the molecule is NCC(Cc1ccc(F)cc1)c1ccc2c(c1)OCO2. The molecule has 0 radical (unpaired) electrons. The van der Waals surface area contributed by atoms with Crippen molar-refractivity contribution in [1.29, 1.82) is 0 Å². The Balaban J connectivity index is 1.81. The summed E-state index contributed by atoms with van der Waals surface area (Å²) in [5.74, 6) is 1.49. The summed E-state index contributed by atoms with van der Waals surface area (Å²) >= 11 is 0. The average molecular weight is 273 g/mol. The van der Waals surface area contributed by atoms with E-state index < -0.39 is 0 Å². The zero-order valence-corrected chi connectivity index (χ0v) is 11.0. The van der Waals surface area contributed by atoms with Crippen molar-refractivity contribution in [1.82, 2.24) is 0 Å². The minimum Gasteiger partial charge on any atom is -0.454 e. The normalized spacial score (nSPS) is 14.3. The molecule has 2 N–H and O–H groups in total. The van der Waals surface area contributed by atoms with Gasteiger partial charge in [-0.2, -0.15) is 0 Å². The molecule has 4 heteroatoms. The first-order valence-electron chi connectivity index (χ1n) is 6.60. The second-order valence-electron chi connectivity index (χ2n) is 4.88. The summed E-state index contributed by atoms with van der Waals surface area (Å²) in [6.45, 7) is 0.793. The molecule has 1 aliphatic rings.